The monoisotopic (exact) mass is 292 g/mol. The molecule has 2 heterocycles. The van der Waals surface area contributed by atoms with Crippen molar-refractivity contribution in [3.8, 4) is 0 Å². The number of aromatic nitrogens is 2. The molecule has 2 N–H and O–H groups in total. The Morgan fingerprint density at radius 3 is 2.90 bits per heavy atom. The zero-order valence-electron chi connectivity index (χ0n) is 13.0. The van der Waals surface area contributed by atoms with E-state index in [-0.39, 0.29) is 11.9 Å². The van der Waals surface area contributed by atoms with Crippen molar-refractivity contribution in [2.24, 2.45) is 0 Å². The van der Waals surface area contributed by atoms with Gasteiger partial charge in [-0.25, -0.2) is 9.97 Å². The highest BCUT2D eigenvalue weighted by molar-refractivity contribution is 5.73. The van der Waals surface area contributed by atoms with Gasteiger partial charge in [0.1, 0.15) is 11.6 Å². The van der Waals surface area contributed by atoms with Crippen LogP contribution in [0.4, 0.5) is 5.82 Å². The van der Waals surface area contributed by atoms with Crippen LogP contribution in [0.15, 0.2) is 6.07 Å². The molecule has 0 saturated carbocycles. The third-order valence-electron chi connectivity index (χ3n) is 3.73. The molecule has 6 nitrogen and oxygen atoms in total. The molecule has 1 aromatic heterocycles. The number of nitrogens with zero attached hydrogens (tertiary/aromatic N) is 3. The second kappa shape index (κ2) is 6.85. The summed E-state index contributed by atoms with van der Waals surface area (Å²) in [5.74, 6) is 1.59. The van der Waals surface area contributed by atoms with Crippen LogP contribution in [0.1, 0.15) is 38.2 Å². The summed E-state index contributed by atoms with van der Waals surface area (Å²) < 4.78 is 0. The lowest BCUT2D eigenvalue weighted by Gasteiger charge is -2.36. The van der Waals surface area contributed by atoms with Crippen molar-refractivity contribution in [1.82, 2.24) is 14.9 Å². The van der Waals surface area contributed by atoms with Crippen molar-refractivity contribution >= 4 is 11.7 Å². The van der Waals surface area contributed by atoms with E-state index in [1.807, 2.05) is 13.0 Å². The number of hydrogen-bond donors (Lipinski definition) is 2. The summed E-state index contributed by atoms with van der Waals surface area (Å²) in [6.45, 7) is 6.61. The van der Waals surface area contributed by atoms with Crippen molar-refractivity contribution in [1.29, 1.82) is 0 Å². The number of aliphatic hydroxyl groups is 1. The molecule has 0 spiro atoms. The van der Waals surface area contributed by atoms with Crippen LogP contribution in [0.5, 0.6) is 0 Å². The smallest absolute Gasteiger partial charge is 0.219 e. The second-order valence-corrected chi connectivity index (χ2v) is 5.63. The van der Waals surface area contributed by atoms with Crippen LogP contribution in [0.3, 0.4) is 0 Å². The summed E-state index contributed by atoms with van der Waals surface area (Å²) in [6.07, 6.45) is 1.99. The van der Waals surface area contributed by atoms with Gasteiger partial charge in [0.25, 0.3) is 0 Å². The molecule has 1 aromatic rings. The van der Waals surface area contributed by atoms with Crippen LogP contribution in [0.2, 0.25) is 0 Å². The highest BCUT2D eigenvalue weighted by Gasteiger charge is 2.29. The Labute approximate surface area is 125 Å². The van der Waals surface area contributed by atoms with Crippen LogP contribution < -0.4 is 5.32 Å². The SMILES string of the molecule is CCCc1nc(C)cc(N[C@@H]2CCN(C(C)=O)C[C@H]2O)n1. The molecular formula is C15H24N4O2. The Hall–Kier alpha value is -1.69. The van der Waals surface area contributed by atoms with E-state index in [0.717, 1.165) is 30.2 Å². The quantitative estimate of drug-likeness (QED) is 0.870. The number of carbonyl (C=O) groups is 1. The van der Waals surface area contributed by atoms with Crippen LogP contribution in [-0.4, -0.2) is 51.1 Å². The minimum atomic E-state index is -0.576. The predicted molar refractivity (Wildman–Crippen MR) is 81.1 cm³/mol. The van der Waals surface area contributed by atoms with Crippen LogP contribution in [-0.2, 0) is 11.2 Å². The van der Waals surface area contributed by atoms with Gasteiger partial charge in [-0.1, -0.05) is 6.92 Å². The van der Waals surface area contributed by atoms with Gasteiger partial charge in [-0.3, -0.25) is 4.79 Å². The lowest BCUT2D eigenvalue weighted by atomic mass is 10.0. The summed E-state index contributed by atoms with van der Waals surface area (Å²) in [5.41, 5.74) is 0.923. The Bertz CT molecular complexity index is 506. The zero-order chi connectivity index (χ0) is 15.4. The largest absolute Gasteiger partial charge is 0.389 e. The Morgan fingerprint density at radius 2 is 2.29 bits per heavy atom. The van der Waals surface area contributed by atoms with Gasteiger partial charge in [0, 0.05) is 38.2 Å². The summed E-state index contributed by atoms with van der Waals surface area (Å²) in [5, 5.41) is 13.5. The molecule has 0 radical (unpaired) electrons. The molecule has 1 fully saturated rings. The number of anilines is 1. The molecular weight excluding hydrogens is 268 g/mol. The average Bonchev–Trinajstić information content (AvgIpc) is 2.40. The Kier molecular flexibility index (Phi) is 5.12. The van der Waals surface area contributed by atoms with Crippen molar-refractivity contribution < 1.29 is 9.90 Å². The van der Waals surface area contributed by atoms with Crippen LogP contribution in [0, 0.1) is 6.92 Å². The van der Waals surface area contributed by atoms with Gasteiger partial charge in [0.15, 0.2) is 0 Å². The van der Waals surface area contributed by atoms with Crippen molar-refractivity contribution in [2.45, 2.75) is 52.2 Å². The van der Waals surface area contributed by atoms with E-state index >= 15 is 0 Å². The highest BCUT2D eigenvalue weighted by atomic mass is 16.3. The van der Waals surface area contributed by atoms with Gasteiger partial charge < -0.3 is 15.3 Å². The number of aryl methyl sites for hydroxylation is 2. The molecule has 1 aliphatic heterocycles. The molecule has 2 rings (SSSR count). The van der Waals surface area contributed by atoms with E-state index in [9.17, 15) is 9.90 Å². The molecule has 2 atom stereocenters. The minimum Gasteiger partial charge on any atom is -0.389 e. The van der Waals surface area contributed by atoms with E-state index < -0.39 is 6.10 Å². The summed E-state index contributed by atoms with van der Waals surface area (Å²) in [6, 6.07) is 1.81. The highest BCUT2D eigenvalue weighted by Crippen LogP contribution is 2.17. The van der Waals surface area contributed by atoms with E-state index in [1.54, 1.807) is 4.90 Å². The third kappa shape index (κ3) is 4.14. The fourth-order valence-corrected chi connectivity index (χ4v) is 2.62. The fraction of sp³-hybridized carbons (Fsp3) is 0.667. The first-order valence-corrected chi connectivity index (χ1v) is 7.54. The zero-order valence-corrected chi connectivity index (χ0v) is 13.0. The minimum absolute atomic E-state index is 0.00983. The molecule has 0 unspecified atom stereocenters. The maximum atomic E-state index is 11.3. The fourth-order valence-electron chi connectivity index (χ4n) is 2.62. The standard InChI is InChI=1S/C15H24N4O2/c1-4-5-14-16-10(2)8-15(18-14)17-12-6-7-19(11(3)20)9-13(12)21/h8,12-13,21H,4-7,9H2,1-3H3,(H,16,17,18)/t12-,13-/m1/s1. The number of rotatable bonds is 4. The van der Waals surface area contributed by atoms with Gasteiger partial charge >= 0.3 is 0 Å². The maximum Gasteiger partial charge on any atom is 0.219 e. The number of hydrogen-bond acceptors (Lipinski definition) is 5. The summed E-state index contributed by atoms with van der Waals surface area (Å²) >= 11 is 0. The van der Waals surface area contributed by atoms with E-state index in [2.05, 4.69) is 22.2 Å². The Balaban J connectivity index is 2.03. The van der Waals surface area contributed by atoms with Gasteiger partial charge in [0.2, 0.25) is 5.91 Å². The summed E-state index contributed by atoms with van der Waals surface area (Å²) in [7, 11) is 0. The lowest BCUT2D eigenvalue weighted by molar-refractivity contribution is -0.132. The maximum absolute atomic E-state index is 11.3. The Morgan fingerprint density at radius 1 is 1.52 bits per heavy atom. The molecule has 116 valence electrons. The second-order valence-electron chi connectivity index (χ2n) is 5.63. The molecule has 6 heteroatoms. The molecule has 21 heavy (non-hydrogen) atoms. The van der Waals surface area contributed by atoms with Crippen molar-refractivity contribution in [3.05, 3.63) is 17.6 Å². The van der Waals surface area contributed by atoms with E-state index in [0.29, 0.717) is 19.5 Å². The molecule has 1 amide bonds. The first-order chi connectivity index (χ1) is 9.99. The number of carbonyl (C=O) groups excluding carboxylic acids is 1. The van der Waals surface area contributed by atoms with Crippen molar-refractivity contribution in [3.63, 3.8) is 0 Å². The van der Waals surface area contributed by atoms with Gasteiger partial charge in [-0.05, 0) is 19.8 Å². The number of amides is 1. The topological polar surface area (TPSA) is 78.4 Å². The normalized spacial score (nSPS) is 22.2. The average molecular weight is 292 g/mol. The van der Waals surface area contributed by atoms with Crippen LogP contribution >= 0.6 is 0 Å². The van der Waals surface area contributed by atoms with Gasteiger partial charge in [-0.2, -0.15) is 0 Å². The van der Waals surface area contributed by atoms with Crippen molar-refractivity contribution in [2.75, 3.05) is 18.4 Å². The van der Waals surface area contributed by atoms with Gasteiger partial charge in [0.05, 0.1) is 12.1 Å². The van der Waals surface area contributed by atoms with E-state index in [4.69, 9.17) is 0 Å². The van der Waals surface area contributed by atoms with E-state index in [1.165, 1.54) is 6.92 Å². The first-order valence-electron chi connectivity index (χ1n) is 7.54. The van der Waals surface area contributed by atoms with Crippen LogP contribution in [0.25, 0.3) is 0 Å². The number of β-amino-alcohol motifs (C(OH)–C–C–N with tert-alkyl or cyclic N) is 1. The summed E-state index contributed by atoms with van der Waals surface area (Å²) in [4.78, 5) is 21.9. The molecule has 1 saturated heterocycles. The lowest BCUT2D eigenvalue weighted by Crippen LogP contribution is -2.51. The predicted octanol–water partition coefficient (Wildman–Crippen LogP) is 1.13. The number of aliphatic hydroxyl groups excluding tert-OH is 1. The molecule has 1 aliphatic rings. The molecule has 0 bridgehead atoms. The number of likely N-dealkylation sites (tertiary alicyclic amines) is 1. The van der Waals surface area contributed by atoms with Gasteiger partial charge in [-0.15, -0.1) is 0 Å². The number of nitrogens with one attached hydrogen (secondary N) is 1. The third-order valence-corrected chi connectivity index (χ3v) is 3.73. The number of piperidine rings is 1. The first kappa shape index (κ1) is 15.7. The molecule has 0 aromatic carbocycles. The molecule has 0 aliphatic carbocycles.